The molecule has 0 aliphatic rings. The Morgan fingerprint density at radius 3 is 2.78 bits per heavy atom. The molecule has 0 saturated carbocycles. The van der Waals surface area contributed by atoms with Crippen LogP contribution in [-0.2, 0) is 4.79 Å². The lowest BCUT2D eigenvalue weighted by Gasteiger charge is -2.25. The number of benzene rings is 1. The number of carbonyl (C=O) groups is 1. The smallest absolute Gasteiger partial charge is 0.221 e. The summed E-state index contributed by atoms with van der Waals surface area (Å²) in [5.41, 5.74) is 1.62. The first-order valence-corrected chi connectivity index (χ1v) is 5.98. The van der Waals surface area contributed by atoms with Gasteiger partial charge in [0.15, 0.2) is 0 Å². The normalized spacial score (nSPS) is 12.0. The standard InChI is InChI=1S/C13H20N2O3/c1-3-15(8-13(18)9-16)12-6-4-5-11(7-12)14-10(2)17/h4-7,13,16,18H,3,8-9H2,1-2H3,(H,14,17). The highest BCUT2D eigenvalue weighted by molar-refractivity contribution is 5.89. The molecule has 0 aromatic heterocycles. The minimum Gasteiger partial charge on any atom is -0.394 e. The molecule has 1 aromatic carbocycles. The van der Waals surface area contributed by atoms with Crippen molar-refractivity contribution in [3.05, 3.63) is 24.3 Å². The van der Waals surface area contributed by atoms with E-state index in [0.29, 0.717) is 13.1 Å². The molecular formula is C13H20N2O3. The van der Waals surface area contributed by atoms with Crippen molar-refractivity contribution in [3.63, 3.8) is 0 Å². The van der Waals surface area contributed by atoms with E-state index in [0.717, 1.165) is 11.4 Å². The molecule has 100 valence electrons. The zero-order chi connectivity index (χ0) is 13.5. The Kier molecular flexibility index (Phi) is 5.61. The SMILES string of the molecule is CCN(CC(O)CO)c1cccc(NC(C)=O)c1. The van der Waals surface area contributed by atoms with Crippen LogP contribution in [-0.4, -0.2) is 41.9 Å². The second kappa shape index (κ2) is 6.98. The molecule has 3 N–H and O–H groups in total. The quantitative estimate of drug-likeness (QED) is 0.701. The number of rotatable bonds is 6. The van der Waals surface area contributed by atoms with Crippen LogP contribution >= 0.6 is 0 Å². The maximum Gasteiger partial charge on any atom is 0.221 e. The van der Waals surface area contributed by atoms with Crippen molar-refractivity contribution in [1.82, 2.24) is 0 Å². The van der Waals surface area contributed by atoms with Crippen LogP contribution < -0.4 is 10.2 Å². The number of anilines is 2. The first-order chi connectivity index (χ1) is 8.56. The fourth-order valence-corrected chi connectivity index (χ4v) is 1.71. The summed E-state index contributed by atoms with van der Waals surface area (Å²) in [5.74, 6) is -0.120. The lowest BCUT2D eigenvalue weighted by Crippen LogP contribution is -2.34. The van der Waals surface area contributed by atoms with Gasteiger partial charge >= 0.3 is 0 Å². The van der Waals surface area contributed by atoms with E-state index < -0.39 is 6.10 Å². The van der Waals surface area contributed by atoms with Crippen molar-refractivity contribution in [2.45, 2.75) is 20.0 Å². The van der Waals surface area contributed by atoms with Crippen LogP contribution in [0.4, 0.5) is 11.4 Å². The van der Waals surface area contributed by atoms with Gasteiger partial charge in [0.1, 0.15) is 0 Å². The molecule has 0 aliphatic carbocycles. The summed E-state index contributed by atoms with van der Waals surface area (Å²) in [7, 11) is 0. The van der Waals surface area contributed by atoms with Gasteiger partial charge in [-0.15, -0.1) is 0 Å². The molecule has 1 atom stereocenters. The fraction of sp³-hybridized carbons (Fsp3) is 0.462. The van der Waals surface area contributed by atoms with Gasteiger partial charge in [0.05, 0.1) is 12.7 Å². The molecule has 0 radical (unpaired) electrons. The van der Waals surface area contributed by atoms with Gasteiger partial charge in [0.25, 0.3) is 0 Å². The van der Waals surface area contributed by atoms with Gasteiger partial charge < -0.3 is 20.4 Å². The predicted molar refractivity (Wildman–Crippen MR) is 71.7 cm³/mol. The number of nitrogens with one attached hydrogen (secondary N) is 1. The van der Waals surface area contributed by atoms with Crippen molar-refractivity contribution in [3.8, 4) is 0 Å². The molecule has 1 amide bonds. The number of hydrogen-bond acceptors (Lipinski definition) is 4. The van der Waals surface area contributed by atoms with Crippen molar-refractivity contribution < 1.29 is 15.0 Å². The largest absolute Gasteiger partial charge is 0.394 e. The first kappa shape index (κ1) is 14.5. The number of aliphatic hydroxyl groups excluding tert-OH is 2. The van der Waals surface area contributed by atoms with E-state index in [1.165, 1.54) is 6.92 Å². The third-order valence-corrected chi connectivity index (χ3v) is 2.56. The summed E-state index contributed by atoms with van der Waals surface area (Å²) in [5, 5.41) is 21.1. The molecule has 0 saturated heterocycles. The Morgan fingerprint density at radius 1 is 1.50 bits per heavy atom. The molecule has 0 aliphatic heterocycles. The van der Waals surface area contributed by atoms with E-state index in [4.69, 9.17) is 5.11 Å². The number of nitrogens with zero attached hydrogens (tertiary/aromatic N) is 1. The second-order valence-corrected chi connectivity index (χ2v) is 4.11. The van der Waals surface area contributed by atoms with Crippen LogP contribution in [0, 0.1) is 0 Å². The maximum absolute atomic E-state index is 11.0. The summed E-state index contributed by atoms with van der Waals surface area (Å²) in [6.45, 7) is 4.23. The maximum atomic E-state index is 11.0. The molecule has 5 heteroatoms. The highest BCUT2D eigenvalue weighted by Gasteiger charge is 2.10. The number of likely N-dealkylation sites (N-methyl/N-ethyl adjacent to an activating group) is 1. The van der Waals surface area contributed by atoms with Crippen molar-refractivity contribution in [2.24, 2.45) is 0 Å². The molecule has 18 heavy (non-hydrogen) atoms. The molecule has 1 unspecified atom stereocenters. The van der Waals surface area contributed by atoms with Gasteiger partial charge in [-0.2, -0.15) is 0 Å². The van der Waals surface area contributed by atoms with Crippen LogP contribution in [0.5, 0.6) is 0 Å². The number of aliphatic hydroxyl groups is 2. The number of hydrogen-bond donors (Lipinski definition) is 3. The molecular weight excluding hydrogens is 232 g/mol. The molecule has 0 bridgehead atoms. The number of amides is 1. The zero-order valence-electron chi connectivity index (χ0n) is 10.8. The van der Waals surface area contributed by atoms with E-state index in [1.807, 2.05) is 30.0 Å². The predicted octanol–water partition coefficient (Wildman–Crippen LogP) is 0.825. The molecule has 0 fully saturated rings. The van der Waals surface area contributed by atoms with Crippen LogP contribution in [0.15, 0.2) is 24.3 Å². The average Bonchev–Trinajstić information content (AvgIpc) is 2.35. The molecule has 0 heterocycles. The minimum atomic E-state index is -0.769. The van der Waals surface area contributed by atoms with Crippen molar-refractivity contribution in [1.29, 1.82) is 0 Å². The molecule has 0 spiro atoms. The Labute approximate surface area is 107 Å². The Balaban J connectivity index is 2.82. The zero-order valence-corrected chi connectivity index (χ0v) is 10.8. The fourth-order valence-electron chi connectivity index (χ4n) is 1.71. The van der Waals surface area contributed by atoms with Gasteiger partial charge in [-0.25, -0.2) is 0 Å². The summed E-state index contributed by atoms with van der Waals surface area (Å²) in [4.78, 5) is 12.9. The Hall–Kier alpha value is -1.59. The topological polar surface area (TPSA) is 72.8 Å². The summed E-state index contributed by atoms with van der Waals surface area (Å²) in [6.07, 6.45) is -0.769. The van der Waals surface area contributed by atoms with Crippen LogP contribution in [0.3, 0.4) is 0 Å². The van der Waals surface area contributed by atoms with Crippen LogP contribution in [0.1, 0.15) is 13.8 Å². The molecule has 5 nitrogen and oxygen atoms in total. The highest BCUT2D eigenvalue weighted by atomic mass is 16.3. The van der Waals surface area contributed by atoms with Gasteiger partial charge in [-0.1, -0.05) is 6.07 Å². The monoisotopic (exact) mass is 252 g/mol. The van der Waals surface area contributed by atoms with E-state index in [2.05, 4.69) is 5.32 Å². The van der Waals surface area contributed by atoms with Crippen LogP contribution in [0.25, 0.3) is 0 Å². The average molecular weight is 252 g/mol. The summed E-state index contributed by atoms with van der Waals surface area (Å²) in [6, 6.07) is 7.39. The van der Waals surface area contributed by atoms with Gasteiger partial charge in [-0.05, 0) is 25.1 Å². The highest BCUT2D eigenvalue weighted by Crippen LogP contribution is 2.19. The number of carbonyl (C=O) groups excluding carboxylic acids is 1. The van der Waals surface area contributed by atoms with E-state index >= 15 is 0 Å². The van der Waals surface area contributed by atoms with Gasteiger partial charge in [0, 0.05) is 31.4 Å². The van der Waals surface area contributed by atoms with E-state index in [-0.39, 0.29) is 12.5 Å². The van der Waals surface area contributed by atoms with E-state index in [9.17, 15) is 9.90 Å². The first-order valence-electron chi connectivity index (χ1n) is 5.98. The van der Waals surface area contributed by atoms with Gasteiger partial charge in [0.2, 0.25) is 5.91 Å². The van der Waals surface area contributed by atoms with Gasteiger partial charge in [-0.3, -0.25) is 4.79 Å². The third-order valence-electron chi connectivity index (χ3n) is 2.56. The Bertz CT molecular complexity index is 396. The molecule has 1 aromatic rings. The lowest BCUT2D eigenvalue weighted by atomic mass is 10.2. The minimum absolute atomic E-state index is 0.120. The summed E-state index contributed by atoms with van der Waals surface area (Å²) < 4.78 is 0. The molecule has 1 rings (SSSR count). The lowest BCUT2D eigenvalue weighted by molar-refractivity contribution is -0.114. The van der Waals surface area contributed by atoms with E-state index in [1.54, 1.807) is 6.07 Å². The Morgan fingerprint density at radius 2 is 2.22 bits per heavy atom. The second-order valence-electron chi connectivity index (χ2n) is 4.11. The third kappa shape index (κ3) is 4.35. The van der Waals surface area contributed by atoms with Crippen molar-refractivity contribution in [2.75, 3.05) is 29.9 Å². The van der Waals surface area contributed by atoms with Crippen molar-refractivity contribution >= 4 is 17.3 Å². The van der Waals surface area contributed by atoms with Crippen LogP contribution in [0.2, 0.25) is 0 Å². The summed E-state index contributed by atoms with van der Waals surface area (Å²) >= 11 is 0.